The summed E-state index contributed by atoms with van der Waals surface area (Å²) in [4.78, 5) is 28.3. The molecule has 1 aliphatic rings. The monoisotopic (exact) mass is 376 g/mol. The minimum Gasteiger partial charge on any atom is -0.361 e. The van der Waals surface area contributed by atoms with Crippen molar-refractivity contribution in [1.82, 2.24) is 20.9 Å². The molecular formula is C22H24N4O2. The molecule has 6 nitrogen and oxygen atoms in total. The van der Waals surface area contributed by atoms with Gasteiger partial charge in [0.15, 0.2) is 0 Å². The van der Waals surface area contributed by atoms with Gasteiger partial charge in [0.2, 0.25) is 5.91 Å². The zero-order chi connectivity index (χ0) is 19.3. The maximum absolute atomic E-state index is 12.7. The summed E-state index contributed by atoms with van der Waals surface area (Å²) in [5, 5.41) is 9.75. The van der Waals surface area contributed by atoms with E-state index in [0.29, 0.717) is 13.0 Å². The van der Waals surface area contributed by atoms with E-state index in [0.717, 1.165) is 34.9 Å². The largest absolute Gasteiger partial charge is 0.361 e. The van der Waals surface area contributed by atoms with Crippen LogP contribution in [0.15, 0.2) is 60.8 Å². The Hall–Kier alpha value is -3.28. The molecule has 28 heavy (non-hydrogen) atoms. The van der Waals surface area contributed by atoms with Gasteiger partial charge in [-0.25, -0.2) is 4.79 Å². The van der Waals surface area contributed by atoms with Crippen LogP contribution in [0, 0.1) is 0 Å². The summed E-state index contributed by atoms with van der Waals surface area (Å²) in [6, 6.07) is 16.9. The Morgan fingerprint density at radius 3 is 2.57 bits per heavy atom. The van der Waals surface area contributed by atoms with Crippen LogP contribution in [-0.4, -0.2) is 29.0 Å². The van der Waals surface area contributed by atoms with Crippen molar-refractivity contribution in [2.45, 2.75) is 37.9 Å². The Bertz CT molecular complexity index is 963. The molecule has 2 aromatic carbocycles. The van der Waals surface area contributed by atoms with Gasteiger partial charge in [-0.1, -0.05) is 48.5 Å². The summed E-state index contributed by atoms with van der Waals surface area (Å²) in [5.41, 5.74) is 3.04. The third kappa shape index (κ3) is 4.52. The number of amides is 3. The van der Waals surface area contributed by atoms with Gasteiger partial charge in [-0.2, -0.15) is 0 Å². The average molecular weight is 376 g/mol. The molecule has 144 valence electrons. The first-order chi connectivity index (χ1) is 13.7. The number of urea groups is 1. The predicted octanol–water partition coefficient (Wildman–Crippen LogP) is 2.86. The SMILES string of the molecule is O=C(NCc1ccccc1)NC(Cc1c[nH]c2ccccc12)C(=O)NC1CC1. The Labute approximate surface area is 163 Å². The molecule has 4 rings (SSSR count). The highest BCUT2D eigenvalue weighted by atomic mass is 16.2. The number of para-hydroxylation sites is 1. The van der Waals surface area contributed by atoms with Gasteiger partial charge < -0.3 is 20.9 Å². The zero-order valence-corrected chi connectivity index (χ0v) is 15.6. The molecule has 6 heteroatoms. The lowest BCUT2D eigenvalue weighted by molar-refractivity contribution is -0.123. The molecule has 1 fully saturated rings. The van der Waals surface area contributed by atoms with E-state index in [9.17, 15) is 9.59 Å². The average Bonchev–Trinajstić information content (AvgIpc) is 3.45. The Kier molecular flexibility index (Phi) is 5.28. The highest BCUT2D eigenvalue weighted by Crippen LogP contribution is 2.21. The summed E-state index contributed by atoms with van der Waals surface area (Å²) in [6.45, 7) is 0.413. The van der Waals surface area contributed by atoms with Crippen molar-refractivity contribution in [3.05, 3.63) is 71.9 Å². The van der Waals surface area contributed by atoms with E-state index in [1.807, 2.05) is 60.8 Å². The number of hydrogen-bond donors (Lipinski definition) is 4. The smallest absolute Gasteiger partial charge is 0.315 e. The van der Waals surface area contributed by atoms with Crippen LogP contribution in [0.4, 0.5) is 4.79 Å². The Morgan fingerprint density at radius 1 is 1.04 bits per heavy atom. The van der Waals surface area contributed by atoms with E-state index < -0.39 is 6.04 Å². The molecule has 0 spiro atoms. The molecule has 1 atom stereocenters. The normalized spacial score (nSPS) is 14.4. The summed E-state index contributed by atoms with van der Waals surface area (Å²) in [6.07, 6.45) is 4.35. The lowest BCUT2D eigenvalue weighted by atomic mass is 10.0. The van der Waals surface area contributed by atoms with Gasteiger partial charge in [0, 0.05) is 36.1 Å². The van der Waals surface area contributed by atoms with Crippen LogP contribution in [0.25, 0.3) is 10.9 Å². The molecule has 3 aromatic rings. The molecule has 1 aromatic heterocycles. The molecule has 4 N–H and O–H groups in total. The van der Waals surface area contributed by atoms with Crippen molar-refractivity contribution in [2.75, 3.05) is 0 Å². The van der Waals surface area contributed by atoms with E-state index in [1.165, 1.54) is 0 Å². The topological polar surface area (TPSA) is 86.0 Å². The molecular weight excluding hydrogens is 352 g/mol. The second-order valence-electron chi connectivity index (χ2n) is 7.21. The third-order valence-electron chi connectivity index (χ3n) is 4.94. The van der Waals surface area contributed by atoms with Gasteiger partial charge in [-0.05, 0) is 30.0 Å². The van der Waals surface area contributed by atoms with Crippen molar-refractivity contribution < 1.29 is 9.59 Å². The quantitative estimate of drug-likeness (QED) is 0.511. The number of nitrogens with one attached hydrogen (secondary N) is 4. The number of carbonyl (C=O) groups is 2. The van der Waals surface area contributed by atoms with Crippen LogP contribution in [-0.2, 0) is 17.8 Å². The fraction of sp³-hybridized carbons (Fsp3) is 0.273. The van der Waals surface area contributed by atoms with E-state index in [-0.39, 0.29) is 18.0 Å². The van der Waals surface area contributed by atoms with Crippen LogP contribution in [0.1, 0.15) is 24.0 Å². The standard InChI is InChI=1S/C22H24N4O2/c27-21(25-17-10-11-17)20(12-16-14-23-19-9-5-4-8-18(16)19)26-22(28)24-13-15-6-2-1-3-7-15/h1-9,14,17,20,23H,10-13H2,(H,25,27)(H2,24,26,28). The van der Waals surface area contributed by atoms with Crippen molar-refractivity contribution in [3.8, 4) is 0 Å². The summed E-state index contributed by atoms with van der Waals surface area (Å²) in [5.74, 6) is -0.136. The highest BCUT2D eigenvalue weighted by molar-refractivity contribution is 5.89. The first-order valence-electron chi connectivity index (χ1n) is 9.63. The van der Waals surface area contributed by atoms with Crippen molar-refractivity contribution in [2.24, 2.45) is 0 Å². The number of hydrogen-bond acceptors (Lipinski definition) is 2. The molecule has 0 radical (unpaired) electrons. The molecule has 0 bridgehead atoms. The lowest BCUT2D eigenvalue weighted by Crippen LogP contribution is -2.51. The first kappa shape index (κ1) is 18.1. The minimum atomic E-state index is -0.629. The molecule has 1 aliphatic carbocycles. The maximum Gasteiger partial charge on any atom is 0.315 e. The first-order valence-corrected chi connectivity index (χ1v) is 9.63. The molecule has 1 unspecified atom stereocenters. The van der Waals surface area contributed by atoms with E-state index >= 15 is 0 Å². The Balaban J connectivity index is 1.43. The third-order valence-corrected chi connectivity index (χ3v) is 4.94. The van der Waals surface area contributed by atoms with E-state index in [2.05, 4.69) is 20.9 Å². The minimum absolute atomic E-state index is 0.136. The fourth-order valence-electron chi connectivity index (χ4n) is 3.25. The maximum atomic E-state index is 12.7. The van der Waals surface area contributed by atoms with Gasteiger partial charge in [-0.15, -0.1) is 0 Å². The molecule has 0 saturated heterocycles. The summed E-state index contributed by atoms with van der Waals surface area (Å²) < 4.78 is 0. The van der Waals surface area contributed by atoms with Gasteiger partial charge in [0.25, 0.3) is 0 Å². The number of fused-ring (bicyclic) bond motifs is 1. The van der Waals surface area contributed by atoms with Crippen LogP contribution in [0.5, 0.6) is 0 Å². The molecule has 0 aliphatic heterocycles. The summed E-state index contributed by atoms with van der Waals surface area (Å²) in [7, 11) is 0. The van der Waals surface area contributed by atoms with Crippen LogP contribution in [0.2, 0.25) is 0 Å². The van der Waals surface area contributed by atoms with Crippen molar-refractivity contribution in [1.29, 1.82) is 0 Å². The number of aromatic amines is 1. The molecule has 1 heterocycles. The lowest BCUT2D eigenvalue weighted by Gasteiger charge is -2.19. The van der Waals surface area contributed by atoms with Crippen molar-refractivity contribution in [3.63, 3.8) is 0 Å². The van der Waals surface area contributed by atoms with Crippen LogP contribution >= 0.6 is 0 Å². The number of carbonyl (C=O) groups excluding carboxylic acids is 2. The van der Waals surface area contributed by atoms with Crippen molar-refractivity contribution >= 4 is 22.8 Å². The Morgan fingerprint density at radius 2 is 1.79 bits per heavy atom. The van der Waals surface area contributed by atoms with Gasteiger partial charge in [-0.3, -0.25) is 4.79 Å². The number of aromatic nitrogens is 1. The van der Waals surface area contributed by atoms with Crippen LogP contribution in [0.3, 0.4) is 0 Å². The highest BCUT2D eigenvalue weighted by Gasteiger charge is 2.29. The summed E-state index contributed by atoms with van der Waals surface area (Å²) >= 11 is 0. The number of benzene rings is 2. The second-order valence-corrected chi connectivity index (χ2v) is 7.21. The predicted molar refractivity (Wildman–Crippen MR) is 109 cm³/mol. The number of H-pyrrole nitrogens is 1. The zero-order valence-electron chi connectivity index (χ0n) is 15.6. The molecule has 3 amide bonds. The van der Waals surface area contributed by atoms with Gasteiger partial charge >= 0.3 is 6.03 Å². The second kappa shape index (κ2) is 8.17. The number of rotatable bonds is 7. The van der Waals surface area contributed by atoms with E-state index in [1.54, 1.807) is 0 Å². The van der Waals surface area contributed by atoms with E-state index in [4.69, 9.17) is 0 Å². The van der Waals surface area contributed by atoms with Gasteiger partial charge in [0.1, 0.15) is 6.04 Å². The fourth-order valence-corrected chi connectivity index (χ4v) is 3.25. The van der Waals surface area contributed by atoms with Crippen LogP contribution < -0.4 is 16.0 Å². The molecule has 1 saturated carbocycles. The van der Waals surface area contributed by atoms with Gasteiger partial charge in [0.05, 0.1) is 0 Å².